The Morgan fingerprint density at radius 3 is 2.86 bits per heavy atom. The summed E-state index contributed by atoms with van der Waals surface area (Å²) in [7, 11) is 0. The van der Waals surface area contributed by atoms with Gasteiger partial charge in [0.1, 0.15) is 11.1 Å². The van der Waals surface area contributed by atoms with E-state index in [9.17, 15) is 14.4 Å². The lowest BCUT2D eigenvalue weighted by Crippen LogP contribution is -2.33. The van der Waals surface area contributed by atoms with E-state index in [0.717, 1.165) is 17.7 Å². The number of carbonyl (C=O) groups excluding carboxylic acids is 3. The summed E-state index contributed by atoms with van der Waals surface area (Å²) in [5.74, 6) is -1.86. The third kappa shape index (κ3) is 4.46. The average Bonchev–Trinajstić information content (AvgIpc) is 3.33. The summed E-state index contributed by atoms with van der Waals surface area (Å²) in [4.78, 5) is 38.9. The van der Waals surface area contributed by atoms with Crippen LogP contribution in [-0.2, 0) is 25.5 Å². The van der Waals surface area contributed by atoms with E-state index in [1.165, 1.54) is 18.3 Å². The van der Waals surface area contributed by atoms with Crippen LogP contribution in [-0.4, -0.2) is 30.4 Å². The third-order valence-electron chi connectivity index (χ3n) is 4.81. The molecule has 3 rings (SSSR count). The van der Waals surface area contributed by atoms with Crippen LogP contribution in [0.15, 0.2) is 35.7 Å². The number of esters is 1. The Balaban J connectivity index is 1.61. The molecule has 1 aromatic heterocycles. The molecular formula is C21H21N3O4S. The summed E-state index contributed by atoms with van der Waals surface area (Å²) < 4.78 is 5.30. The van der Waals surface area contributed by atoms with Gasteiger partial charge in [0.15, 0.2) is 6.10 Å². The van der Waals surface area contributed by atoms with Crippen LogP contribution in [0.2, 0.25) is 0 Å². The van der Waals surface area contributed by atoms with Gasteiger partial charge in [0.25, 0.3) is 5.91 Å². The van der Waals surface area contributed by atoms with Gasteiger partial charge in [-0.05, 0) is 36.4 Å². The summed E-state index contributed by atoms with van der Waals surface area (Å²) in [6.07, 6.45) is -0.211. The van der Waals surface area contributed by atoms with E-state index in [1.807, 2.05) is 37.3 Å². The van der Waals surface area contributed by atoms with Gasteiger partial charge in [0, 0.05) is 18.7 Å². The minimum atomic E-state index is -1.04. The number of benzene rings is 1. The van der Waals surface area contributed by atoms with Crippen molar-refractivity contribution in [3.63, 3.8) is 0 Å². The fourth-order valence-electron chi connectivity index (χ4n) is 3.20. The minimum absolute atomic E-state index is 0.0503. The maximum Gasteiger partial charge on any atom is 0.312 e. The zero-order chi connectivity index (χ0) is 21.0. The van der Waals surface area contributed by atoms with Crippen LogP contribution < -0.4 is 10.2 Å². The van der Waals surface area contributed by atoms with Gasteiger partial charge in [0.05, 0.1) is 11.5 Å². The molecule has 0 unspecified atom stereocenters. The predicted octanol–water partition coefficient (Wildman–Crippen LogP) is 3.11. The number of amides is 2. The number of anilines is 2. The second-order valence-corrected chi connectivity index (χ2v) is 7.65. The molecule has 1 aromatic carbocycles. The van der Waals surface area contributed by atoms with Gasteiger partial charge in [-0.2, -0.15) is 5.26 Å². The Bertz CT molecular complexity index is 978. The van der Waals surface area contributed by atoms with Crippen LogP contribution in [0.3, 0.4) is 0 Å². The highest BCUT2D eigenvalue weighted by Gasteiger charge is 2.37. The summed E-state index contributed by atoms with van der Waals surface area (Å²) in [6, 6.07) is 11.2. The monoisotopic (exact) mass is 411 g/mol. The molecular weight excluding hydrogens is 390 g/mol. The van der Waals surface area contributed by atoms with Gasteiger partial charge in [-0.15, -0.1) is 11.3 Å². The average molecular weight is 411 g/mol. The predicted molar refractivity (Wildman–Crippen MR) is 109 cm³/mol. The Kier molecular flexibility index (Phi) is 6.29. The second-order valence-electron chi connectivity index (χ2n) is 6.73. The number of hydrogen-bond acceptors (Lipinski definition) is 6. The molecule has 0 bridgehead atoms. The summed E-state index contributed by atoms with van der Waals surface area (Å²) in [5.41, 5.74) is 2.20. The molecule has 1 saturated heterocycles. The SMILES string of the molecule is CCc1ccccc1N1C[C@@H](C(=O)O[C@H](C)C(=O)Nc2sccc2C#N)CC1=O. The van der Waals surface area contributed by atoms with Crippen molar-refractivity contribution in [1.29, 1.82) is 5.26 Å². The Morgan fingerprint density at radius 1 is 1.38 bits per heavy atom. The van der Waals surface area contributed by atoms with Gasteiger partial charge in [-0.3, -0.25) is 14.4 Å². The molecule has 0 saturated carbocycles. The van der Waals surface area contributed by atoms with Gasteiger partial charge in [-0.1, -0.05) is 25.1 Å². The minimum Gasteiger partial charge on any atom is -0.452 e. The normalized spacial score (nSPS) is 16.9. The third-order valence-corrected chi connectivity index (χ3v) is 5.64. The molecule has 1 fully saturated rings. The smallest absolute Gasteiger partial charge is 0.312 e. The zero-order valence-electron chi connectivity index (χ0n) is 16.2. The fraction of sp³-hybridized carbons (Fsp3) is 0.333. The molecule has 8 heteroatoms. The second kappa shape index (κ2) is 8.88. The first-order valence-corrected chi connectivity index (χ1v) is 10.2. The van der Waals surface area contributed by atoms with E-state index in [1.54, 1.807) is 16.3 Å². The van der Waals surface area contributed by atoms with Crippen molar-refractivity contribution < 1.29 is 19.1 Å². The van der Waals surface area contributed by atoms with Crippen molar-refractivity contribution in [1.82, 2.24) is 0 Å². The van der Waals surface area contributed by atoms with Crippen LogP contribution in [0.1, 0.15) is 31.4 Å². The first kappa shape index (κ1) is 20.6. The number of carbonyl (C=O) groups is 3. The highest BCUT2D eigenvalue weighted by molar-refractivity contribution is 7.14. The van der Waals surface area contributed by atoms with E-state index < -0.39 is 23.9 Å². The van der Waals surface area contributed by atoms with Crippen molar-refractivity contribution in [2.45, 2.75) is 32.8 Å². The largest absolute Gasteiger partial charge is 0.452 e. The van der Waals surface area contributed by atoms with Crippen LogP contribution in [0, 0.1) is 17.2 Å². The van der Waals surface area contributed by atoms with E-state index >= 15 is 0 Å². The number of rotatable bonds is 6. The summed E-state index contributed by atoms with van der Waals surface area (Å²) in [5, 5.41) is 13.7. The zero-order valence-corrected chi connectivity index (χ0v) is 17.0. The van der Waals surface area contributed by atoms with Crippen LogP contribution in [0.5, 0.6) is 0 Å². The topological polar surface area (TPSA) is 99.5 Å². The van der Waals surface area contributed by atoms with Gasteiger partial charge in [-0.25, -0.2) is 0 Å². The van der Waals surface area contributed by atoms with Crippen molar-refractivity contribution in [2.75, 3.05) is 16.8 Å². The van der Waals surface area contributed by atoms with E-state index in [0.29, 0.717) is 10.6 Å². The lowest BCUT2D eigenvalue weighted by atomic mass is 10.1. The van der Waals surface area contributed by atoms with Crippen LogP contribution >= 0.6 is 11.3 Å². The Hall–Kier alpha value is -3.18. The van der Waals surface area contributed by atoms with Gasteiger partial charge in [0.2, 0.25) is 5.91 Å². The molecule has 2 atom stereocenters. The van der Waals surface area contributed by atoms with Crippen molar-refractivity contribution in [2.24, 2.45) is 5.92 Å². The number of thiophene rings is 1. The molecule has 0 radical (unpaired) electrons. The van der Waals surface area contributed by atoms with E-state index in [4.69, 9.17) is 10.00 Å². The Labute approximate surface area is 172 Å². The molecule has 29 heavy (non-hydrogen) atoms. The number of hydrogen-bond donors (Lipinski definition) is 1. The number of aryl methyl sites for hydroxylation is 1. The summed E-state index contributed by atoms with van der Waals surface area (Å²) in [6.45, 7) is 3.71. The number of para-hydroxylation sites is 1. The molecule has 1 aliphatic rings. The van der Waals surface area contributed by atoms with E-state index in [-0.39, 0.29) is 18.9 Å². The molecule has 7 nitrogen and oxygen atoms in total. The van der Waals surface area contributed by atoms with Crippen LogP contribution in [0.25, 0.3) is 0 Å². The highest BCUT2D eigenvalue weighted by Crippen LogP contribution is 2.29. The first-order chi connectivity index (χ1) is 13.9. The highest BCUT2D eigenvalue weighted by atomic mass is 32.1. The van der Waals surface area contributed by atoms with Crippen LogP contribution in [0.4, 0.5) is 10.7 Å². The molecule has 150 valence electrons. The molecule has 0 spiro atoms. The van der Waals surface area contributed by atoms with Gasteiger partial charge >= 0.3 is 5.97 Å². The van der Waals surface area contributed by atoms with Crippen molar-refractivity contribution in [3.05, 3.63) is 46.8 Å². The number of nitrogens with zero attached hydrogens (tertiary/aromatic N) is 2. The standard InChI is InChI=1S/C21H21N3O4S/c1-3-14-6-4-5-7-17(14)24-12-16(10-18(24)25)21(27)28-13(2)19(26)23-20-15(11-22)8-9-29-20/h4-9,13,16H,3,10,12H2,1-2H3,(H,23,26)/t13-,16+/m1/s1. The lowest BCUT2D eigenvalue weighted by molar-refractivity contribution is -0.157. The maximum absolute atomic E-state index is 12.5. The molecule has 1 aliphatic heterocycles. The molecule has 1 N–H and O–H groups in total. The van der Waals surface area contributed by atoms with Crippen molar-refractivity contribution in [3.8, 4) is 6.07 Å². The molecule has 2 amide bonds. The fourth-order valence-corrected chi connectivity index (χ4v) is 3.94. The van der Waals surface area contributed by atoms with Gasteiger partial charge < -0.3 is 15.0 Å². The molecule has 2 heterocycles. The number of nitrogens with one attached hydrogen (secondary N) is 1. The van der Waals surface area contributed by atoms with Crippen molar-refractivity contribution >= 4 is 39.8 Å². The molecule has 0 aliphatic carbocycles. The lowest BCUT2D eigenvalue weighted by Gasteiger charge is -2.20. The Morgan fingerprint density at radius 2 is 2.14 bits per heavy atom. The van der Waals surface area contributed by atoms with E-state index in [2.05, 4.69) is 5.32 Å². The summed E-state index contributed by atoms with van der Waals surface area (Å²) >= 11 is 1.22. The first-order valence-electron chi connectivity index (χ1n) is 9.31. The quantitative estimate of drug-likeness (QED) is 0.737. The maximum atomic E-state index is 12.5. The molecule has 2 aromatic rings. The number of nitriles is 1. The number of ether oxygens (including phenoxy) is 1.